The first-order chi connectivity index (χ1) is 3.31. The highest BCUT2D eigenvalue weighted by molar-refractivity contribution is 5.51. The lowest BCUT2D eigenvalue weighted by atomic mass is 10.3. The molecule has 0 fully saturated rings. The first-order valence-corrected chi connectivity index (χ1v) is 1.97. The third kappa shape index (κ3) is 3.19. The number of rotatable bonds is 3. The molecular weight excluding hydrogens is 92.1 g/mol. The zero-order valence-electron chi connectivity index (χ0n) is 3.92. The van der Waals surface area contributed by atoms with E-state index in [0.29, 0.717) is 0 Å². The van der Waals surface area contributed by atoms with Crippen LogP contribution in [0.4, 0.5) is 0 Å². The second-order valence-electron chi connectivity index (χ2n) is 1.15. The lowest BCUT2D eigenvalue weighted by Gasteiger charge is -1.92. The molecule has 0 saturated heterocycles. The summed E-state index contributed by atoms with van der Waals surface area (Å²) in [7, 11) is 0. The number of aliphatic hydroxyl groups excluding tert-OH is 1. The Kier molecular flexibility index (Phi) is 3.24. The van der Waals surface area contributed by atoms with Gasteiger partial charge in [-0.05, 0) is 0 Å². The van der Waals surface area contributed by atoms with Crippen molar-refractivity contribution in [3.05, 3.63) is 12.7 Å². The summed E-state index contributed by atoms with van der Waals surface area (Å²) in [5.74, 6) is 0. The van der Waals surface area contributed by atoms with E-state index in [1.165, 1.54) is 6.08 Å². The molecule has 0 aliphatic heterocycles. The van der Waals surface area contributed by atoms with Crippen LogP contribution in [-0.4, -0.2) is 17.5 Å². The lowest BCUT2D eigenvalue weighted by molar-refractivity contribution is 0.230. The molecule has 0 spiro atoms. The smallest absolute Gasteiger partial charge is 0.201 e. The van der Waals surface area contributed by atoms with Crippen LogP contribution < -0.4 is 0 Å². The van der Waals surface area contributed by atoms with E-state index in [0.717, 1.165) is 0 Å². The summed E-state index contributed by atoms with van der Waals surface area (Å²) in [6, 6.07) is 0. The monoisotopic (exact) mass is 99.0 g/mol. The second kappa shape index (κ2) is 3.56. The fourth-order valence-corrected chi connectivity index (χ4v) is 0.169. The topological polar surface area (TPSA) is 37.3 Å². The summed E-state index contributed by atoms with van der Waals surface area (Å²) in [5.41, 5.74) is 0. The van der Waals surface area contributed by atoms with Gasteiger partial charge in [0.2, 0.25) is 6.29 Å². The van der Waals surface area contributed by atoms with Gasteiger partial charge in [0.15, 0.2) is 0 Å². The molecule has 0 rings (SSSR count). The minimum Gasteiger partial charge on any atom is -0.389 e. The van der Waals surface area contributed by atoms with Crippen LogP contribution >= 0.6 is 0 Å². The minimum atomic E-state index is -0.711. The molecule has 7 heavy (non-hydrogen) atoms. The Morgan fingerprint density at radius 3 is 2.71 bits per heavy atom. The number of hydrogen-bond acceptors (Lipinski definition) is 2. The van der Waals surface area contributed by atoms with Crippen LogP contribution in [0.2, 0.25) is 0 Å². The molecule has 0 unspecified atom stereocenters. The third-order valence-electron chi connectivity index (χ3n) is 0.565. The highest BCUT2D eigenvalue weighted by atomic mass is 16.3. The van der Waals surface area contributed by atoms with E-state index >= 15 is 0 Å². The summed E-state index contributed by atoms with van der Waals surface area (Å²) in [6.45, 7) is 3.25. The average Bonchev–Trinajstić information content (AvgIpc) is 1.68. The zero-order valence-corrected chi connectivity index (χ0v) is 3.92. The Bertz CT molecular complexity index is 68.5. The van der Waals surface area contributed by atoms with Crippen molar-refractivity contribution in [1.29, 1.82) is 0 Å². The highest BCUT2D eigenvalue weighted by Crippen LogP contribution is 1.85. The lowest BCUT2D eigenvalue weighted by Crippen LogP contribution is -2.00. The van der Waals surface area contributed by atoms with Gasteiger partial charge in [-0.15, -0.1) is 6.58 Å². The molecule has 0 aromatic carbocycles. The van der Waals surface area contributed by atoms with Crippen molar-refractivity contribution in [2.75, 3.05) is 0 Å². The van der Waals surface area contributed by atoms with Crippen molar-refractivity contribution in [2.24, 2.45) is 0 Å². The molecule has 1 atom stereocenters. The van der Waals surface area contributed by atoms with Crippen LogP contribution in [0.5, 0.6) is 0 Å². The maximum Gasteiger partial charge on any atom is 0.201 e. The van der Waals surface area contributed by atoms with Gasteiger partial charge >= 0.3 is 0 Å². The van der Waals surface area contributed by atoms with Gasteiger partial charge < -0.3 is 5.11 Å². The Hall–Kier alpha value is -0.630. The summed E-state index contributed by atoms with van der Waals surface area (Å²) < 4.78 is 0. The van der Waals surface area contributed by atoms with E-state index in [1.807, 2.05) is 0 Å². The van der Waals surface area contributed by atoms with Crippen molar-refractivity contribution < 1.29 is 9.90 Å². The van der Waals surface area contributed by atoms with Gasteiger partial charge in [0, 0.05) is 6.42 Å². The summed E-state index contributed by atoms with van der Waals surface area (Å²) in [4.78, 5) is 9.44. The minimum absolute atomic E-state index is 0.0312. The molecule has 39 valence electrons. The third-order valence-corrected chi connectivity index (χ3v) is 0.565. The Morgan fingerprint density at radius 2 is 2.57 bits per heavy atom. The van der Waals surface area contributed by atoms with Crippen LogP contribution in [0.25, 0.3) is 0 Å². The molecule has 0 amide bonds. The van der Waals surface area contributed by atoms with Gasteiger partial charge in [0.1, 0.15) is 0 Å². The van der Waals surface area contributed by atoms with Gasteiger partial charge in [-0.25, -0.2) is 0 Å². The van der Waals surface area contributed by atoms with Gasteiger partial charge in [0.05, 0.1) is 6.10 Å². The SMILES string of the molecule is C=C[C@@H](O)C[C]=O. The van der Waals surface area contributed by atoms with Crippen LogP contribution in [-0.2, 0) is 4.79 Å². The highest BCUT2D eigenvalue weighted by Gasteiger charge is 1.92. The van der Waals surface area contributed by atoms with E-state index in [9.17, 15) is 4.79 Å². The fourth-order valence-electron chi connectivity index (χ4n) is 0.169. The molecular formula is C5H7O2. The standard InChI is InChI=1S/C5H7O2/c1-2-5(7)3-4-6/h2,5,7H,1,3H2/t5-/m1/s1. The molecule has 0 heterocycles. The average molecular weight is 99.1 g/mol. The van der Waals surface area contributed by atoms with Gasteiger partial charge in [-0.2, -0.15) is 0 Å². The van der Waals surface area contributed by atoms with Crippen molar-refractivity contribution in [2.45, 2.75) is 12.5 Å². The maximum atomic E-state index is 9.44. The number of aliphatic hydroxyl groups is 1. The van der Waals surface area contributed by atoms with E-state index in [4.69, 9.17) is 5.11 Å². The van der Waals surface area contributed by atoms with Gasteiger partial charge in [-0.3, -0.25) is 4.79 Å². The number of carbonyl (C=O) groups excluding carboxylic acids is 1. The van der Waals surface area contributed by atoms with Crippen LogP contribution in [0, 0.1) is 0 Å². The second-order valence-corrected chi connectivity index (χ2v) is 1.15. The van der Waals surface area contributed by atoms with E-state index in [-0.39, 0.29) is 6.42 Å². The summed E-state index contributed by atoms with van der Waals surface area (Å²) in [6.07, 6.45) is 2.16. The van der Waals surface area contributed by atoms with Gasteiger partial charge in [0.25, 0.3) is 0 Å². The fraction of sp³-hybridized carbons (Fsp3) is 0.400. The predicted molar refractivity (Wildman–Crippen MR) is 26.5 cm³/mol. The van der Waals surface area contributed by atoms with E-state index < -0.39 is 6.10 Å². The normalized spacial score (nSPS) is 12.7. The number of hydrogen-bond donors (Lipinski definition) is 1. The van der Waals surface area contributed by atoms with Crippen molar-refractivity contribution in [3.8, 4) is 0 Å². The quantitative estimate of drug-likeness (QED) is 0.507. The van der Waals surface area contributed by atoms with Crippen molar-refractivity contribution in [1.82, 2.24) is 0 Å². The molecule has 1 radical (unpaired) electrons. The molecule has 0 aromatic heterocycles. The van der Waals surface area contributed by atoms with Crippen molar-refractivity contribution >= 4 is 6.29 Å². The van der Waals surface area contributed by atoms with Crippen LogP contribution in [0.1, 0.15) is 6.42 Å². The Labute approximate surface area is 42.5 Å². The summed E-state index contributed by atoms with van der Waals surface area (Å²) in [5, 5.41) is 8.48. The largest absolute Gasteiger partial charge is 0.389 e. The van der Waals surface area contributed by atoms with Gasteiger partial charge in [-0.1, -0.05) is 6.08 Å². The molecule has 2 heteroatoms. The Morgan fingerprint density at radius 1 is 2.00 bits per heavy atom. The molecule has 2 nitrogen and oxygen atoms in total. The Balaban J connectivity index is 3.15. The molecule has 0 saturated carbocycles. The van der Waals surface area contributed by atoms with Crippen LogP contribution in [0.3, 0.4) is 0 Å². The summed E-state index contributed by atoms with van der Waals surface area (Å²) >= 11 is 0. The first-order valence-electron chi connectivity index (χ1n) is 1.97. The molecule has 1 N–H and O–H groups in total. The first kappa shape index (κ1) is 6.37. The zero-order chi connectivity index (χ0) is 5.70. The van der Waals surface area contributed by atoms with E-state index in [1.54, 1.807) is 6.29 Å². The molecule has 0 aliphatic rings. The molecule has 0 aliphatic carbocycles. The van der Waals surface area contributed by atoms with E-state index in [2.05, 4.69) is 6.58 Å². The van der Waals surface area contributed by atoms with Crippen LogP contribution in [0.15, 0.2) is 12.7 Å². The molecule has 0 aromatic rings. The maximum absolute atomic E-state index is 9.44. The predicted octanol–water partition coefficient (Wildman–Crippen LogP) is 0.0331. The molecule has 0 bridgehead atoms. The van der Waals surface area contributed by atoms with Crippen molar-refractivity contribution in [3.63, 3.8) is 0 Å².